The molecule has 1 saturated heterocycles. The molecule has 0 spiro atoms. The maximum absolute atomic E-state index is 9.17. The number of benzene rings is 1. The summed E-state index contributed by atoms with van der Waals surface area (Å²) in [6.07, 6.45) is 6.69. The lowest BCUT2D eigenvalue weighted by molar-refractivity contribution is 0.392. The fraction of sp³-hybridized carbons (Fsp3) is 0.261. The maximum Gasteiger partial charge on any atom is 0.227 e. The lowest BCUT2D eigenvalue weighted by Gasteiger charge is -2.34. The number of aromatic nitrogens is 5. The molecule has 4 heterocycles. The Hall–Kier alpha value is -3.99. The van der Waals surface area contributed by atoms with E-state index in [2.05, 4.69) is 31.3 Å². The van der Waals surface area contributed by atoms with Crippen LogP contribution in [0.2, 0.25) is 0 Å². The third-order valence-corrected chi connectivity index (χ3v) is 5.68. The topological polar surface area (TPSA) is 96.7 Å². The molecule has 1 aliphatic rings. The fourth-order valence-electron chi connectivity index (χ4n) is 4.12. The van der Waals surface area contributed by atoms with E-state index in [-0.39, 0.29) is 6.04 Å². The minimum atomic E-state index is 0.0510. The Balaban J connectivity index is 1.47. The van der Waals surface area contributed by atoms with Crippen molar-refractivity contribution in [1.29, 1.82) is 5.26 Å². The normalized spacial score (nSPS) is 16.3. The van der Waals surface area contributed by atoms with Crippen LogP contribution in [-0.4, -0.2) is 31.4 Å². The van der Waals surface area contributed by atoms with Crippen LogP contribution in [0.15, 0.2) is 59.4 Å². The van der Waals surface area contributed by atoms with E-state index in [9.17, 15) is 0 Å². The standard InChI is InChI=1S/C23H21N7O/c1-29-22(18-8-5-10-25-15-18)26-27-23(29)30-11-3-2-9-20(30)19-13-21(31-28-19)17-7-4-6-16(12-17)14-24/h4-8,10,12-13,15,20H,2-3,9,11H2,1H3/t20-/m1/s1. The van der Waals surface area contributed by atoms with Crippen molar-refractivity contribution in [3.63, 3.8) is 0 Å². The highest BCUT2D eigenvalue weighted by atomic mass is 16.5. The molecule has 0 aliphatic carbocycles. The molecule has 0 radical (unpaired) electrons. The van der Waals surface area contributed by atoms with E-state index in [1.165, 1.54) is 0 Å². The first-order chi connectivity index (χ1) is 15.2. The summed E-state index contributed by atoms with van der Waals surface area (Å²) >= 11 is 0. The van der Waals surface area contributed by atoms with Crippen LogP contribution < -0.4 is 4.90 Å². The van der Waals surface area contributed by atoms with Crippen LogP contribution in [0.4, 0.5) is 5.95 Å². The molecule has 0 amide bonds. The van der Waals surface area contributed by atoms with Gasteiger partial charge in [-0.2, -0.15) is 5.26 Å². The highest BCUT2D eigenvalue weighted by Crippen LogP contribution is 2.36. The van der Waals surface area contributed by atoms with E-state index in [1.54, 1.807) is 18.5 Å². The van der Waals surface area contributed by atoms with Gasteiger partial charge in [0.05, 0.1) is 17.7 Å². The van der Waals surface area contributed by atoms with Crippen molar-refractivity contribution in [2.45, 2.75) is 25.3 Å². The van der Waals surface area contributed by atoms with E-state index in [0.717, 1.165) is 54.4 Å². The Labute approximate surface area is 179 Å². The molecule has 4 aromatic rings. The van der Waals surface area contributed by atoms with Gasteiger partial charge in [0, 0.05) is 43.2 Å². The SMILES string of the molecule is Cn1c(-c2cccnc2)nnc1N1CCCC[C@@H]1c1cc(-c2cccc(C#N)c2)on1. The Morgan fingerprint density at radius 1 is 1.10 bits per heavy atom. The van der Waals surface area contributed by atoms with E-state index in [0.29, 0.717) is 11.3 Å². The minimum Gasteiger partial charge on any atom is -0.356 e. The molecule has 31 heavy (non-hydrogen) atoms. The van der Waals surface area contributed by atoms with Gasteiger partial charge in [0.25, 0.3) is 0 Å². The van der Waals surface area contributed by atoms with Gasteiger partial charge < -0.3 is 9.42 Å². The third kappa shape index (κ3) is 3.55. The molecule has 8 nitrogen and oxygen atoms in total. The quantitative estimate of drug-likeness (QED) is 0.498. The first-order valence-corrected chi connectivity index (χ1v) is 10.3. The molecule has 3 aromatic heterocycles. The second-order valence-corrected chi connectivity index (χ2v) is 7.64. The highest BCUT2D eigenvalue weighted by Gasteiger charge is 2.30. The van der Waals surface area contributed by atoms with Gasteiger partial charge in [0.15, 0.2) is 11.6 Å². The summed E-state index contributed by atoms with van der Waals surface area (Å²) in [7, 11) is 1.98. The van der Waals surface area contributed by atoms with Gasteiger partial charge in [-0.05, 0) is 43.5 Å². The molecular weight excluding hydrogens is 390 g/mol. The van der Waals surface area contributed by atoms with Crippen molar-refractivity contribution in [1.82, 2.24) is 24.9 Å². The summed E-state index contributed by atoms with van der Waals surface area (Å²) in [5.74, 6) is 2.24. The average Bonchev–Trinajstić information content (AvgIpc) is 3.47. The smallest absolute Gasteiger partial charge is 0.227 e. The zero-order valence-electron chi connectivity index (χ0n) is 17.1. The van der Waals surface area contributed by atoms with Crippen LogP contribution in [-0.2, 0) is 7.05 Å². The van der Waals surface area contributed by atoms with Crippen LogP contribution in [0.3, 0.4) is 0 Å². The molecule has 1 fully saturated rings. The van der Waals surface area contributed by atoms with Crippen LogP contribution in [0, 0.1) is 11.3 Å². The first kappa shape index (κ1) is 19.0. The monoisotopic (exact) mass is 411 g/mol. The Morgan fingerprint density at radius 3 is 2.84 bits per heavy atom. The molecule has 5 rings (SSSR count). The summed E-state index contributed by atoms with van der Waals surface area (Å²) in [5.41, 5.74) is 3.23. The van der Waals surface area contributed by atoms with Gasteiger partial charge in [0.2, 0.25) is 5.95 Å². The largest absolute Gasteiger partial charge is 0.356 e. The summed E-state index contributed by atoms with van der Waals surface area (Å²) in [5, 5.41) is 22.5. The average molecular weight is 411 g/mol. The van der Waals surface area contributed by atoms with Crippen molar-refractivity contribution in [3.8, 4) is 28.8 Å². The molecule has 1 aliphatic heterocycles. The van der Waals surface area contributed by atoms with Gasteiger partial charge in [-0.1, -0.05) is 17.3 Å². The van der Waals surface area contributed by atoms with E-state index in [1.807, 2.05) is 48.0 Å². The van der Waals surface area contributed by atoms with Gasteiger partial charge >= 0.3 is 0 Å². The van der Waals surface area contributed by atoms with Gasteiger partial charge in [-0.15, -0.1) is 10.2 Å². The summed E-state index contributed by atoms with van der Waals surface area (Å²) in [6.45, 7) is 0.871. The highest BCUT2D eigenvalue weighted by molar-refractivity contribution is 5.60. The maximum atomic E-state index is 9.17. The lowest BCUT2D eigenvalue weighted by atomic mass is 9.99. The number of pyridine rings is 1. The molecule has 0 N–H and O–H groups in total. The lowest BCUT2D eigenvalue weighted by Crippen LogP contribution is -2.35. The Morgan fingerprint density at radius 2 is 2.00 bits per heavy atom. The molecule has 1 aromatic carbocycles. The van der Waals surface area contributed by atoms with Crippen molar-refractivity contribution in [2.24, 2.45) is 7.05 Å². The Kier molecular flexibility index (Phi) is 4.92. The third-order valence-electron chi connectivity index (χ3n) is 5.68. The van der Waals surface area contributed by atoms with E-state index in [4.69, 9.17) is 9.78 Å². The van der Waals surface area contributed by atoms with Crippen LogP contribution >= 0.6 is 0 Å². The van der Waals surface area contributed by atoms with E-state index < -0.39 is 0 Å². The number of rotatable bonds is 4. The molecule has 0 unspecified atom stereocenters. The Bertz CT molecular complexity index is 1240. The van der Waals surface area contributed by atoms with Crippen molar-refractivity contribution < 1.29 is 4.52 Å². The molecule has 1 atom stereocenters. The second kappa shape index (κ2) is 8.03. The van der Waals surface area contributed by atoms with Crippen LogP contribution in [0.1, 0.15) is 36.6 Å². The zero-order valence-corrected chi connectivity index (χ0v) is 17.1. The predicted octanol–water partition coefficient (Wildman–Crippen LogP) is 4.14. The number of piperidine rings is 1. The molecular formula is C23H21N7O. The molecule has 8 heteroatoms. The predicted molar refractivity (Wildman–Crippen MR) is 115 cm³/mol. The van der Waals surface area contributed by atoms with Gasteiger partial charge in [-0.3, -0.25) is 9.55 Å². The molecule has 154 valence electrons. The summed E-state index contributed by atoms with van der Waals surface area (Å²) < 4.78 is 7.66. The molecule has 0 bridgehead atoms. The fourth-order valence-corrected chi connectivity index (χ4v) is 4.12. The zero-order chi connectivity index (χ0) is 21.2. The second-order valence-electron chi connectivity index (χ2n) is 7.64. The van der Waals surface area contributed by atoms with Crippen molar-refractivity contribution in [2.75, 3.05) is 11.4 Å². The summed E-state index contributed by atoms with van der Waals surface area (Å²) in [4.78, 5) is 6.45. The van der Waals surface area contributed by atoms with Crippen LogP contribution in [0.25, 0.3) is 22.7 Å². The number of anilines is 1. The number of hydrogen-bond donors (Lipinski definition) is 0. The van der Waals surface area contributed by atoms with Gasteiger partial charge in [0.1, 0.15) is 5.69 Å². The number of nitrogens with zero attached hydrogens (tertiary/aromatic N) is 7. The van der Waals surface area contributed by atoms with E-state index >= 15 is 0 Å². The van der Waals surface area contributed by atoms with Crippen molar-refractivity contribution in [3.05, 3.63) is 66.1 Å². The molecule has 0 saturated carbocycles. The van der Waals surface area contributed by atoms with Crippen molar-refractivity contribution >= 4 is 5.95 Å². The first-order valence-electron chi connectivity index (χ1n) is 10.3. The number of hydrogen-bond acceptors (Lipinski definition) is 7. The van der Waals surface area contributed by atoms with Crippen LogP contribution in [0.5, 0.6) is 0 Å². The minimum absolute atomic E-state index is 0.0510. The summed E-state index contributed by atoms with van der Waals surface area (Å²) in [6, 6.07) is 15.4. The number of nitriles is 1. The van der Waals surface area contributed by atoms with Gasteiger partial charge in [-0.25, -0.2) is 0 Å².